The van der Waals surface area contributed by atoms with E-state index in [4.69, 9.17) is 0 Å². The quantitative estimate of drug-likeness (QED) is 0.877. The summed E-state index contributed by atoms with van der Waals surface area (Å²) in [7, 11) is 0. The number of benzene rings is 1. The number of hydrogen-bond donors (Lipinski definition) is 2. The summed E-state index contributed by atoms with van der Waals surface area (Å²) in [4.78, 5) is 13.7. The average Bonchev–Trinajstić information content (AvgIpc) is 2.96. The SMILES string of the molecule is O=C(Nc1ccc(C2CCCCC2)cc1)N1CCC(O)C1. The molecule has 1 saturated carbocycles. The first-order valence-corrected chi connectivity index (χ1v) is 8.06. The van der Waals surface area contributed by atoms with Crippen LogP contribution in [0.3, 0.4) is 0 Å². The van der Waals surface area contributed by atoms with Gasteiger partial charge in [-0.15, -0.1) is 0 Å². The second-order valence-electron chi connectivity index (χ2n) is 6.28. The van der Waals surface area contributed by atoms with Crippen molar-refractivity contribution in [1.29, 1.82) is 0 Å². The predicted molar refractivity (Wildman–Crippen MR) is 83.5 cm³/mol. The number of urea groups is 1. The number of carbonyl (C=O) groups excluding carboxylic acids is 1. The Morgan fingerprint density at radius 1 is 1.10 bits per heavy atom. The van der Waals surface area contributed by atoms with Gasteiger partial charge in [-0.05, 0) is 42.9 Å². The molecule has 1 aliphatic carbocycles. The molecule has 1 aromatic carbocycles. The lowest BCUT2D eigenvalue weighted by atomic mass is 9.84. The number of rotatable bonds is 2. The van der Waals surface area contributed by atoms with Crippen molar-refractivity contribution in [1.82, 2.24) is 4.90 Å². The Morgan fingerprint density at radius 2 is 1.81 bits per heavy atom. The monoisotopic (exact) mass is 288 g/mol. The Labute approximate surface area is 126 Å². The first-order valence-electron chi connectivity index (χ1n) is 8.06. The number of aliphatic hydroxyl groups excluding tert-OH is 1. The number of anilines is 1. The van der Waals surface area contributed by atoms with Crippen LogP contribution in [-0.2, 0) is 0 Å². The minimum Gasteiger partial charge on any atom is -0.391 e. The van der Waals surface area contributed by atoms with E-state index in [-0.39, 0.29) is 12.1 Å². The molecule has 3 rings (SSSR count). The highest BCUT2D eigenvalue weighted by molar-refractivity contribution is 5.89. The summed E-state index contributed by atoms with van der Waals surface area (Å²) in [5.41, 5.74) is 2.23. The molecule has 114 valence electrons. The number of carbonyl (C=O) groups is 1. The molecule has 2 fully saturated rings. The molecule has 2 amide bonds. The fraction of sp³-hybridized carbons (Fsp3) is 0.588. The number of amides is 2. The molecule has 0 spiro atoms. The molecule has 1 heterocycles. The Bertz CT molecular complexity index is 480. The van der Waals surface area contributed by atoms with E-state index >= 15 is 0 Å². The van der Waals surface area contributed by atoms with Crippen molar-refractivity contribution in [2.24, 2.45) is 0 Å². The molecule has 4 nitrogen and oxygen atoms in total. The van der Waals surface area contributed by atoms with Gasteiger partial charge in [0.15, 0.2) is 0 Å². The van der Waals surface area contributed by atoms with E-state index < -0.39 is 0 Å². The maximum Gasteiger partial charge on any atom is 0.321 e. The molecule has 0 bridgehead atoms. The smallest absolute Gasteiger partial charge is 0.321 e. The van der Waals surface area contributed by atoms with Gasteiger partial charge in [-0.3, -0.25) is 0 Å². The number of aliphatic hydroxyl groups is 1. The Balaban J connectivity index is 1.57. The second-order valence-corrected chi connectivity index (χ2v) is 6.28. The zero-order valence-corrected chi connectivity index (χ0v) is 12.4. The van der Waals surface area contributed by atoms with E-state index in [9.17, 15) is 9.90 Å². The van der Waals surface area contributed by atoms with Crippen LogP contribution in [0.2, 0.25) is 0 Å². The molecular formula is C17H24N2O2. The van der Waals surface area contributed by atoms with Crippen molar-refractivity contribution in [3.63, 3.8) is 0 Å². The fourth-order valence-electron chi connectivity index (χ4n) is 3.40. The van der Waals surface area contributed by atoms with Crippen LogP contribution in [0.5, 0.6) is 0 Å². The van der Waals surface area contributed by atoms with Gasteiger partial charge in [0.1, 0.15) is 0 Å². The Kier molecular flexibility index (Phi) is 4.44. The van der Waals surface area contributed by atoms with E-state index in [1.807, 2.05) is 12.1 Å². The Morgan fingerprint density at radius 3 is 2.43 bits per heavy atom. The van der Waals surface area contributed by atoms with Gasteiger partial charge in [0, 0.05) is 18.8 Å². The molecule has 1 saturated heterocycles. The third-order valence-corrected chi connectivity index (χ3v) is 4.69. The van der Waals surface area contributed by atoms with Gasteiger partial charge in [-0.1, -0.05) is 31.4 Å². The lowest BCUT2D eigenvalue weighted by Gasteiger charge is -2.22. The van der Waals surface area contributed by atoms with Crippen molar-refractivity contribution < 1.29 is 9.90 Å². The predicted octanol–water partition coefficient (Wildman–Crippen LogP) is 3.33. The van der Waals surface area contributed by atoms with Gasteiger partial charge in [-0.25, -0.2) is 4.79 Å². The van der Waals surface area contributed by atoms with E-state index in [2.05, 4.69) is 17.4 Å². The molecule has 1 unspecified atom stereocenters. The standard InChI is InChI=1S/C17H24N2O2/c20-16-10-11-19(12-16)17(21)18-15-8-6-14(7-9-15)13-4-2-1-3-5-13/h6-9,13,16,20H,1-5,10-12H2,(H,18,21). The molecule has 0 radical (unpaired) electrons. The molecule has 21 heavy (non-hydrogen) atoms. The summed E-state index contributed by atoms with van der Waals surface area (Å²) in [6.07, 6.45) is 6.92. The third kappa shape index (κ3) is 3.56. The van der Waals surface area contributed by atoms with Gasteiger partial charge >= 0.3 is 6.03 Å². The zero-order valence-electron chi connectivity index (χ0n) is 12.4. The van der Waals surface area contributed by atoms with Crippen LogP contribution in [0.25, 0.3) is 0 Å². The van der Waals surface area contributed by atoms with Crippen molar-refractivity contribution in [3.05, 3.63) is 29.8 Å². The van der Waals surface area contributed by atoms with Crippen LogP contribution in [-0.4, -0.2) is 35.2 Å². The third-order valence-electron chi connectivity index (χ3n) is 4.69. The number of nitrogens with one attached hydrogen (secondary N) is 1. The van der Waals surface area contributed by atoms with Gasteiger partial charge in [-0.2, -0.15) is 0 Å². The van der Waals surface area contributed by atoms with Gasteiger partial charge in [0.2, 0.25) is 0 Å². The minimum atomic E-state index is -0.371. The molecule has 2 N–H and O–H groups in total. The number of likely N-dealkylation sites (tertiary alicyclic amines) is 1. The highest BCUT2D eigenvalue weighted by Crippen LogP contribution is 2.33. The number of hydrogen-bond acceptors (Lipinski definition) is 2. The lowest BCUT2D eigenvalue weighted by Crippen LogP contribution is -2.33. The summed E-state index contributed by atoms with van der Waals surface area (Å²) in [5.74, 6) is 0.692. The topological polar surface area (TPSA) is 52.6 Å². The molecule has 1 aliphatic heterocycles. The first kappa shape index (κ1) is 14.4. The van der Waals surface area contributed by atoms with Crippen molar-refractivity contribution >= 4 is 11.7 Å². The maximum absolute atomic E-state index is 12.1. The van der Waals surface area contributed by atoms with E-state index in [0.717, 1.165) is 5.69 Å². The van der Waals surface area contributed by atoms with Crippen molar-refractivity contribution in [2.75, 3.05) is 18.4 Å². The molecule has 1 aromatic rings. The van der Waals surface area contributed by atoms with Crippen LogP contribution in [0.1, 0.15) is 50.0 Å². The second kappa shape index (κ2) is 6.48. The highest BCUT2D eigenvalue weighted by Gasteiger charge is 2.24. The molecule has 2 aliphatic rings. The van der Waals surface area contributed by atoms with Gasteiger partial charge in [0.25, 0.3) is 0 Å². The summed E-state index contributed by atoms with van der Waals surface area (Å²) in [6, 6.07) is 8.16. The van der Waals surface area contributed by atoms with Crippen LogP contribution in [0, 0.1) is 0 Å². The number of nitrogens with zero attached hydrogens (tertiary/aromatic N) is 1. The van der Waals surface area contributed by atoms with Crippen LogP contribution < -0.4 is 5.32 Å². The van der Waals surface area contributed by atoms with Gasteiger partial charge < -0.3 is 15.3 Å². The largest absolute Gasteiger partial charge is 0.391 e. The highest BCUT2D eigenvalue weighted by atomic mass is 16.3. The van der Waals surface area contributed by atoms with Crippen LogP contribution >= 0.6 is 0 Å². The van der Waals surface area contributed by atoms with E-state index in [1.165, 1.54) is 37.7 Å². The fourth-order valence-corrected chi connectivity index (χ4v) is 3.40. The summed E-state index contributed by atoms with van der Waals surface area (Å²) < 4.78 is 0. The number of β-amino-alcohol motifs (C(OH)–C–C–N with tert-alkyl or cyclic N) is 1. The summed E-state index contributed by atoms with van der Waals surface area (Å²) in [6.45, 7) is 1.07. The summed E-state index contributed by atoms with van der Waals surface area (Å²) in [5, 5.41) is 12.4. The maximum atomic E-state index is 12.1. The van der Waals surface area contributed by atoms with Gasteiger partial charge in [0.05, 0.1) is 6.10 Å². The van der Waals surface area contributed by atoms with Crippen molar-refractivity contribution in [3.8, 4) is 0 Å². The molecule has 4 heteroatoms. The van der Waals surface area contributed by atoms with E-state index in [1.54, 1.807) is 4.90 Å². The first-order chi connectivity index (χ1) is 10.2. The molecular weight excluding hydrogens is 264 g/mol. The zero-order chi connectivity index (χ0) is 14.7. The molecule has 1 atom stereocenters. The normalized spacial score (nSPS) is 23.3. The van der Waals surface area contributed by atoms with Crippen LogP contribution in [0.15, 0.2) is 24.3 Å². The molecule has 0 aromatic heterocycles. The average molecular weight is 288 g/mol. The lowest BCUT2D eigenvalue weighted by molar-refractivity contribution is 0.176. The van der Waals surface area contributed by atoms with Crippen molar-refractivity contribution in [2.45, 2.75) is 50.5 Å². The van der Waals surface area contributed by atoms with Crippen LogP contribution in [0.4, 0.5) is 10.5 Å². The van der Waals surface area contributed by atoms with E-state index in [0.29, 0.717) is 25.4 Å². The minimum absolute atomic E-state index is 0.114. The Hall–Kier alpha value is -1.55. The summed E-state index contributed by atoms with van der Waals surface area (Å²) >= 11 is 0.